The number of ether oxygens (including phenoxy) is 1. The SMILES string of the molecule is O=C(O)CCN(C(=O)CCc1ccccc1Br)C1CCOCC1. The second-order valence-corrected chi connectivity index (χ2v) is 6.52. The van der Waals surface area contributed by atoms with Crippen LogP contribution in [0.3, 0.4) is 0 Å². The molecule has 2 rings (SSSR count). The quantitative estimate of drug-likeness (QED) is 0.785. The molecule has 126 valence electrons. The molecule has 1 aromatic carbocycles. The van der Waals surface area contributed by atoms with E-state index in [9.17, 15) is 9.59 Å². The molecule has 1 heterocycles. The standard InChI is InChI=1S/C17H22BrNO4/c18-15-4-2-1-3-13(15)5-6-16(20)19(10-7-17(21)22)14-8-11-23-12-9-14/h1-4,14H,5-12H2,(H,21,22). The second kappa shape index (κ2) is 9.03. The van der Waals surface area contributed by atoms with Crippen LogP contribution < -0.4 is 0 Å². The van der Waals surface area contributed by atoms with Crippen molar-refractivity contribution in [2.24, 2.45) is 0 Å². The lowest BCUT2D eigenvalue weighted by molar-refractivity contribution is -0.140. The Hall–Kier alpha value is -1.40. The Morgan fingerprint density at radius 3 is 2.57 bits per heavy atom. The molecule has 23 heavy (non-hydrogen) atoms. The van der Waals surface area contributed by atoms with E-state index in [0.717, 1.165) is 22.9 Å². The van der Waals surface area contributed by atoms with Gasteiger partial charge in [0.1, 0.15) is 0 Å². The van der Waals surface area contributed by atoms with E-state index in [4.69, 9.17) is 9.84 Å². The summed E-state index contributed by atoms with van der Waals surface area (Å²) in [7, 11) is 0. The van der Waals surface area contributed by atoms with Crippen molar-refractivity contribution in [3.8, 4) is 0 Å². The first kappa shape index (κ1) is 17.9. The van der Waals surface area contributed by atoms with Crippen LogP contribution in [-0.4, -0.2) is 47.7 Å². The molecule has 0 spiro atoms. The molecule has 1 N–H and O–H groups in total. The van der Waals surface area contributed by atoms with Gasteiger partial charge in [0.15, 0.2) is 0 Å². The Balaban J connectivity index is 1.97. The summed E-state index contributed by atoms with van der Waals surface area (Å²) in [5.41, 5.74) is 1.09. The summed E-state index contributed by atoms with van der Waals surface area (Å²) in [4.78, 5) is 25.2. The number of hydrogen-bond acceptors (Lipinski definition) is 3. The van der Waals surface area contributed by atoms with E-state index in [0.29, 0.717) is 26.1 Å². The first-order chi connectivity index (χ1) is 11.1. The van der Waals surface area contributed by atoms with Crippen LogP contribution in [0.5, 0.6) is 0 Å². The molecule has 1 aliphatic heterocycles. The predicted octanol–water partition coefficient (Wildman–Crippen LogP) is 2.86. The number of hydrogen-bond donors (Lipinski definition) is 1. The van der Waals surface area contributed by atoms with Gasteiger partial charge in [-0.15, -0.1) is 0 Å². The van der Waals surface area contributed by atoms with Gasteiger partial charge in [0, 0.05) is 36.7 Å². The summed E-state index contributed by atoms with van der Waals surface area (Å²) in [6, 6.07) is 7.94. The van der Waals surface area contributed by atoms with Gasteiger partial charge in [0.2, 0.25) is 5.91 Å². The molecule has 1 saturated heterocycles. The van der Waals surface area contributed by atoms with E-state index in [1.54, 1.807) is 4.90 Å². The number of amides is 1. The van der Waals surface area contributed by atoms with Crippen molar-refractivity contribution in [2.45, 2.75) is 38.1 Å². The lowest BCUT2D eigenvalue weighted by atomic mass is 10.0. The average molecular weight is 384 g/mol. The highest BCUT2D eigenvalue weighted by Gasteiger charge is 2.26. The fourth-order valence-corrected chi connectivity index (χ4v) is 3.29. The number of aryl methyl sites for hydroxylation is 1. The first-order valence-corrected chi connectivity index (χ1v) is 8.69. The summed E-state index contributed by atoms with van der Waals surface area (Å²) in [6.07, 6.45) is 2.57. The van der Waals surface area contributed by atoms with Crippen LogP contribution in [0.15, 0.2) is 28.7 Å². The van der Waals surface area contributed by atoms with Crippen molar-refractivity contribution in [3.05, 3.63) is 34.3 Å². The number of carbonyl (C=O) groups is 2. The van der Waals surface area contributed by atoms with Crippen LogP contribution in [0.4, 0.5) is 0 Å². The molecule has 0 saturated carbocycles. The third-order valence-electron chi connectivity index (χ3n) is 4.08. The van der Waals surface area contributed by atoms with Crippen molar-refractivity contribution in [3.63, 3.8) is 0 Å². The zero-order valence-corrected chi connectivity index (χ0v) is 14.6. The number of benzene rings is 1. The number of aliphatic carboxylic acids is 1. The molecule has 0 bridgehead atoms. The molecule has 0 aromatic heterocycles. The number of nitrogens with zero attached hydrogens (tertiary/aromatic N) is 1. The van der Waals surface area contributed by atoms with E-state index >= 15 is 0 Å². The van der Waals surface area contributed by atoms with Crippen LogP contribution in [0.1, 0.15) is 31.2 Å². The smallest absolute Gasteiger partial charge is 0.305 e. The molecule has 1 amide bonds. The maximum absolute atomic E-state index is 12.6. The van der Waals surface area contributed by atoms with Gasteiger partial charge >= 0.3 is 5.97 Å². The zero-order valence-electron chi connectivity index (χ0n) is 13.0. The summed E-state index contributed by atoms with van der Waals surface area (Å²) in [6.45, 7) is 1.53. The molecule has 1 fully saturated rings. The van der Waals surface area contributed by atoms with E-state index in [1.165, 1.54) is 0 Å². The summed E-state index contributed by atoms with van der Waals surface area (Å²) < 4.78 is 6.34. The highest BCUT2D eigenvalue weighted by atomic mass is 79.9. The van der Waals surface area contributed by atoms with Crippen molar-refractivity contribution in [1.29, 1.82) is 0 Å². The van der Waals surface area contributed by atoms with Crippen molar-refractivity contribution in [1.82, 2.24) is 4.90 Å². The molecular formula is C17H22BrNO4. The number of carboxylic acid groups (broad SMARTS) is 1. The Morgan fingerprint density at radius 2 is 1.91 bits per heavy atom. The Kier molecular flexibility index (Phi) is 7.05. The molecule has 6 heteroatoms. The molecule has 5 nitrogen and oxygen atoms in total. The topological polar surface area (TPSA) is 66.8 Å². The van der Waals surface area contributed by atoms with E-state index < -0.39 is 5.97 Å². The molecule has 0 aliphatic carbocycles. The van der Waals surface area contributed by atoms with E-state index in [-0.39, 0.29) is 24.9 Å². The van der Waals surface area contributed by atoms with Gasteiger partial charge in [-0.2, -0.15) is 0 Å². The van der Waals surface area contributed by atoms with Crippen molar-refractivity contribution >= 4 is 27.8 Å². The Bertz CT molecular complexity index is 543. The van der Waals surface area contributed by atoms with Crippen molar-refractivity contribution in [2.75, 3.05) is 19.8 Å². The average Bonchev–Trinajstić information content (AvgIpc) is 2.55. The minimum absolute atomic E-state index is 0.0157. The number of carboxylic acids is 1. The van der Waals surface area contributed by atoms with Gasteiger partial charge in [-0.25, -0.2) is 0 Å². The van der Waals surface area contributed by atoms with E-state index in [1.807, 2.05) is 24.3 Å². The highest BCUT2D eigenvalue weighted by molar-refractivity contribution is 9.10. The molecule has 0 radical (unpaired) electrons. The second-order valence-electron chi connectivity index (χ2n) is 5.67. The highest BCUT2D eigenvalue weighted by Crippen LogP contribution is 2.20. The lowest BCUT2D eigenvalue weighted by Gasteiger charge is -2.34. The van der Waals surface area contributed by atoms with Gasteiger partial charge < -0.3 is 14.7 Å². The lowest BCUT2D eigenvalue weighted by Crippen LogP contribution is -2.44. The molecule has 0 atom stereocenters. The van der Waals surface area contributed by atoms with Crippen LogP contribution in [-0.2, 0) is 20.7 Å². The van der Waals surface area contributed by atoms with Gasteiger partial charge in [-0.05, 0) is 30.9 Å². The zero-order chi connectivity index (χ0) is 16.7. The van der Waals surface area contributed by atoms with Gasteiger partial charge in [-0.1, -0.05) is 34.1 Å². The fraction of sp³-hybridized carbons (Fsp3) is 0.529. The summed E-state index contributed by atoms with van der Waals surface area (Å²) in [5.74, 6) is -0.852. The van der Waals surface area contributed by atoms with Gasteiger partial charge in [0.25, 0.3) is 0 Å². The van der Waals surface area contributed by atoms with E-state index in [2.05, 4.69) is 15.9 Å². The number of rotatable bonds is 7. The molecule has 0 unspecified atom stereocenters. The maximum Gasteiger partial charge on any atom is 0.305 e. The monoisotopic (exact) mass is 383 g/mol. The third kappa shape index (κ3) is 5.62. The Labute approximate surface area is 144 Å². The largest absolute Gasteiger partial charge is 0.481 e. The minimum atomic E-state index is -0.874. The summed E-state index contributed by atoms with van der Waals surface area (Å²) in [5, 5.41) is 8.92. The minimum Gasteiger partial charge on any atom is -0.481 e. The first-order valence-electron chi connectivity index (χ1n) is 7.90. The molecule has 1 aliphatic rings. The fourth-order valence-electron chi connectivity index (χ4n) is 2.81. The maximum atomic E-state index is 12.6. The Morgan fingerprint density at radius 1 is 1.22 bits per heavy atom. The number of halogens is 1. The van der Waals surface area contributed by atoms with Crippen molar-refractivity contribution < 1.29 is 19.4 Å². The molecular weight excluding hydrogens is 362 g/mol. The van der Waals surface area contributed by atoms with Gasteiger partial charge in [0.05, 0.1) is 6.42 Å². The van der Waals surface area contributed by atoms with Crippen LogP contribution in [0.25, 0.3) is 0 Å². The molecule has 1 aromatic rings. The van der Waals surface area contributed by atoms with Gasteiger partial charge in [-0.3, -0.25) is 9.59 Å². The normalized spacial score (nSPS) is 15.3. The van der Waals surface area contributed by atoms with Crippen LogP contribution in [0.2, 0.25) is 0 Å². The van der Waals surface area contributed by atoms with Crippen LogP contribution >= 0.6 is 15.9 Å². The number of carbonyl (C=O) groups excluding carboxylic acids is 1. The third-order valence-corrected chi connectivity index (χ3v) is 4.86. The predicted molar refractivity (Wildman–Crippen MR) is 90.3 cm³/mol. The summed E-state index contributed by atoms with van der Waals surface area (Å²) >= 11 is 3.49. The van der Waals surface area contributed by atoms with Crippen LogP contribution in [0, 0.1) is 0 Å².